The van der Waals surface area contributed by atoms with Gasteiger partial charge in [0, 0.05) is 16.8 Å². The van der Waals surface area contributed by atoms with Crippen LogP contribution in [0.15, 0.2) is 17.3 Å². The number of rotatable bonds is 7. The van der Waals surface area contributed by atoms with E-state index in [-0.39, 0.29) is 27.9 Å². The first-order valence-electron chi connectivity index (χ1n) is 6.86. The molecule has 1 unspecified atom stereocenters. The fourth-order valence-electron chi connectivity index (χ4n) is 1.84. The third-order valence-corrected chi connectivity index (χ3v) is 4.10. The number of halogens is 2. The van der Waals surface area contributed by atoms with Crippen LogP contribution in [-0.2, 0) is 9.63 Å². The van der Waals surface area contributed by atoms with Crippen molar-refractivity contribution in [2.24, 2.45) is 5.16 Å². The first-order valence-corrected chi connectivity index (χ1v) is 7.77. The average molecular weight is 360 g/mol. The summed E-state index contributed by atoms with van der Waals surface area (Å²) in [6.45, 7) is 3.41. The molecule has 0 bridgehead atoms. The van der Waals surface area contributed by atoms with Crippen LogP contribution in [0.4, 0.5) is 5.69 Å². The molecular formula is C15H19Cl2N3O3. The maximum absolute atomic E-state index is 12.4. The fraction of sp³-hybridized carbons (Fsp3) is 0.400. The molecule has 0 radical (unpaired) electrons. The number of oxime groups is 1. The Morgan fingerprint density at radius 3 is 2.61 bits per heavy atom. The van der Waals surface area contributed by atoms with E-state index < -0.39 is 11.4 Å². The molecule has 6 nitrogen and oxygen atoms in total. The lowest BCUT2D eigenvalue weighted by molar-refractivity contribution is -0.122. The number of carbonyl (C=O) groups excluding carboxylic acids is 2. The number of nitrogens with zero attached hydrogens (tertiary/aromatic N) is 1. The Morgan fingerprint density at radius 2 is 2.13 bits per heavy atom. The number of nitrogens with two attached hydrogens (primary N) is 1. The Kier molecular flexibility index (Phi) is 6.84. The van der Waals surface area contributed by atoms with Gasteiger partial charge in [-0.1, -0.05) is 23.7 Å². The molecule has 0 saturated heterocycles. The van der Waals surface area contributed by atoms with Crippen molar-refractivity contribution in [1.82, 2.24) is 5.32 Å². The number of nitrogen functional groups attached to an aromatic ring is 1. The molecule has 0 aliphatic heterocycles. The zero-order chi connectivity index (χ0) is 17.6. The number of hydrogen-bond acceptors (Lipinski definition) is 5. The summed E-state index contributed by atoms with van der Waals surface area (Å²) in [7, 11) is 1.39. The second kappa shape index (κ2) is 8.17. The van der Waals surface area contributed by atoms with Crippen LogP contribution in [-0.4, -0.2) is 36.4 Å². The molecule has 126 valence electrons. The van der Waals surface area contributed by atoms with Gasteiger partial charge in [-0.3, -0.25) is 9.59 Å². The van der Waals surface area contributed by atoms with Gasteiger partial charge in [-0.15, -0.1) is 11.6 Å². The summed E-state index contributed by atoms with van der Waals surface area (Å²) < 4.78 is 0. The molecule has 0 aliphatic rings. The van der Waals surface area contributed by atoms with Gasteiger partial charge in [-0.2, -0.15) is 0 Å². The summed E-state index contributed by atoms with van der Waals surface area (Å²) in [5.74, 6) is -0.908. The normalized spacial score (nSPS) is 13.6. The molecule has 1 aromatic carbocycles. The summed E-state index contributed by atoms with van der Waals surface area (Å²) in [5, 5.41) is 6.53. The number of nitrogens with one attached hydrogen (secondary N) is 1. The molecule has 0 aliphatic carbocycles. The van der Waals surface area contributed by atoms with Gasteiger partial charge in [0.2, 0.25) is 0 Å². The van der Waals surface area contributed by atoms with Crippen LogP contribution in [0.3, 0.4) is 0 Å². The van der Waals surface area contributed by atoms with E-state index in [4.69, 9.17) is 28.9 Å². The van der Waals surface area contributed by atoms with Crippen molar-refractivity contribution in [2.45, 2.75) is 25.8 Å². The van der Waals surface area contributed by atoms with Crippen molar-refractivity contribution in [1.29, 1.82) is 0 Å². The third kappa shape index (κ3) is 4.59. The number of ketones is 1. The van der Waals surface area contributed by atoms with Crippen molar-refractivity contribution in [3.63, 3.8) is 0 Å². The third-order valence-electron chi connectivity index (χ3n) is 3.54. The summed E-state index contributed by atoms with van der Waals surface area (Å²) in [4.78, 5) is 28.9. The molecule has 8 heteroatoms. The van der Waals surface area contributed by atoms with E-state index in [0.717, 1.165) is 0 Å². The highest BCUT2D eigenvalue weighted by Crippen LogP contribution is 2.24. The SMILES string of the molecule is CCC(C)(NC(=O)c1cc(N)c(/C=N/OC)c(Cl)c1)C(=O)CCl. The predicted molar refractivity (Wildman–Crippen MR) is 92.4 cm³/mol. The lowest BCUT2D eigenvalue weighted by Gasteiger charge is -2.27. The van der Waals surface area contributed by atoms with Crippen molar-refractivity contribution >= 4 is 46.8 Å². The van der Waals surface area contributed by atoms with Crippen molar-refractivity contribution in [3.05, 3.63) is 28.3 Å². The highest BCUT2D eigenvalue weighted by atomic mass is 35.5. The second-order valence-electron chi connectivity index (χ2n) is 5.07. The van der Waals surface area contributed by atoms with Gasteiger partial charge in [0.05, 0.1) is 22.7 Å². The van der Waals surface area contributed by atoms with E-state index >= 15 is 0 Å². The largest absolute Gasteiger partial charge is 0.399 e. The van der Waals surface area contributed by atoms with Crippen LogP contribution in [0.1, 0.15) is 36.2 Å². The van der Waals surface area contributed by atoms with Gasteiger partial charge in [-0.25, -0.2) is 0 Å². The van der Waals surface area contributed by atoms with E-state index in [0.29, 0.717) is 12.0 Å². The van der Waals surface area contributed by atoms with Gasteiger partial charge in [0.1, 0.15) is 7.11 Å². The molecule has 23 heavy (non-hydrogen) atoms. The Labute approximate surface area is 144 Å². The van der Waals surface area contributed by atoms with Crippen LogP contribution in [0.5, 0.6) is 0 Å². The average Bonchev–Trinajstić information content (AvgIpc) is 2.52. The molecule has 1 rings (SSSR count). The Bertz CT molecular complexity index is 611. The molecule has 0 fully saturated rings. The summed E-state index contributed by atoms with van der Waals surface area (Å²) in [5.41, 5.74) is 5.79. The minimum Gasteiger partial charge on any atom is -0.399 e. The summed E-state index contributed by atoms with van der Waals surface area (Å²) in [6.07, 6.45) is 1.76. The monoisotopic (exact) mass is 359 g/mol. The van der Waals surface area contributed by atoms with E-state index in [9.17, 15) is 9.59 Å². The van der Waals surface area contributed by atoms with Gasteiger partial charge in [-0.05, 0) is 25.5 Å². The zero-order valence-electron chi connectivity index (χ0n) is 13.2. The molecular weight excluding hydrogens is 341 g/mol. The quantitative estimate of drug-likeness (QED) is 0.338. The number of hydrogen-bond donors (Lipinski definition) is 2. The molecule has 3 N–H and O–H groups in total. The highest BCUT2D eigenvalue weighted by Gasteiger charge is 2.32. The molecule has 1 aromatic rings. The highest BCUT2D eigenvalue weighted by molar-refractivity contribution is 6.34. The van der Waals surface area contributed by atoms with Crippen molar-refractivity contribution < 1.29 is 14.4 Å². The van der Waals surface area contributed by atoms with Gasteiger partial charge in [0.15, 0.2) is 5.78 Å². The van der Waals surface area contributed by atoms with E-state index in [2.05, 4.69) is 15.3 Å². The van der Waals surface area contributed by atoms with E-state index in [1.807, 2.05) is 0 Å². The van der Waals surface area contributed by atoms with Gasteiger partial charge < -0.3 is 15.9 Å². The molecule has 1 atom stereocenters. The lowest BCUT2D eigenvalue weighted by Crippen LogP contribution is -2.52. The maximum atomic E-state index is 12.4. The van der Waals surface area contributed by atoms with Gasteiger partial charge >= 0.3 is 0 Å². The van der Waals surface area contributed by atoms with Crippen LogP contribution in [0.25, 0.3) is 0 Å². The van der Waals surface area contributed by atoms with Gasteiger partial charge in [0.25, 0.3) is 5.91 Å². The molecule has 0 spiro atoms. The van der Waals surface area contributed by atoms with E-state index in [1.54, 1.807) is 13.8 Å². The Morgan fingerprint density at radius 1 is 1.48 bits per heavy atom. The lowest BCUT2D eigenvalue weighted by atomic mass is 9.93. The molecule has 0 heterocycles. The van der Waals surface area contributed by atoms with E-state index in [1.165, 1.54) is 25.5 Å². The van der Waals surface area contributed by atoms with Crippen molar-refractivity contribution in [3.8, 4) is 0 Å². The summed E-state index contributed by atoms with van der Waals surface area (Å²) >= 11 is 11.7. The zero-order valence-corrected chi connectivity index (χ0v) is 14.7. The predicted octanol–water partition coefficient (Wildman–Crippen LogP) is 2.61. The minimum absolute atomic E-state index is 0.181. The molecule has 1 amide bonds. The first kappa shape index (κ1) is 19.3. The van der Waals surface area contributed by atoms with Crippen LogP contribution in [0, 0.1) is 0 Å². The number of anilines is 1. The number of amides is 1. The van der Waals surface area contributed by atoms with Crippen LogP contribution >= 0.6 is 23.2 Å². The number of benzene rings is 1. The standard InChI is InChI=1S/C15H19Cl2N3O3/c1-4-15(2,13(21)7-16)20-14(22)9-5-11(17)10(8-19-23-3)12(18)6-9/h5-6,8H,4,7,18H2,1-3H3,(H,20,22)/b19-8+. The number of Topliss-reactive ketones (excluding diaryl/α,β-unsaturated/α-hetero) is 1. The van der Waals surface area contributed by atoms with Crippen LogP contribution < -0.4 is 11.1 Å². The summed E-state index contributed by atoms with van der Waals surface area (Å²) in [6, 6.07) is 2.91. The Balaban J connectivity index is 3.10. The fourth-order valence-corrected chi connectivity index (χ4v) is 2.41. The molecule has 0 saturated carbocycles. The smallest absolute Gasteiger partial charge is 0.252 e. The number of alkyl halides is 1. The molecule has 0 aromatic heterocycles. The van der Waals surface area contributed by atoms with Crippen LogP contribution in [0.2, 0.25) is 5.02 Å². The number of carbonyl (C=O) groups is 2. The van der Waals surface area contributed by atoms with Crippen molar-refractivity contribution in [2.75, 3.05) is 18.7 Å². The maximum Gasteiger partial charge on any atom is 0.252 e. The topological polar surface area (TPSA) is 93.8 Å². The first-order chi connectivity index (χ1) is 10.8. The minimum atomic E-state index is -1.05. The second-order valence-corrected chi connectivity index (χ2v) is 5.75. The Hall–Kier alpha value is -1.79.